The van der Waals surface area contributed by atoms with Gasteiger partial charge in [-0.3, -0.25) is 0 Å². The summed E-state index contributed by atoms with van der Waals surface area (Å²) in [5, 5.41) is 3.43. The normalized spacial score (nSPS) is 19.1. The Labute approximate surface area is 470 Å². The lowest BCUT2D eigenvalue weighted by molar-refractivity contribution is -0.914. The molecule has 6 aliphatic heterocycles. The van der Waals surface area contributed by atoms with Gasteiger partial charge in [-0.2, -0.15) is 0 Å². The first kappa shape index (κ1) is 52.6. The molecule has 16 nitrogen and oxygen atoms in total. The second-order valence-electron chi connectivity index (χ2n) is 25.1. The van der Waals surface area contributed by atoms with Crippen LogP contribution in [0.2, 0.25) is 0 Å². The minimum absolute atomic E-state index is 0.477. The highest BCUT2D eigenvalue weighted by atomic mass is 16.5. The van der Waals surface area contributed by atoms with Gasteiger partial charge in [0.25, 0.3) is 0 Å². The number of hydrogen-bond acceptors (Lipinski definition) is 10. The van der Waals surface area contributed by atoms with Crippen LogP contribution in [0.4, 0.5) is 0 Å². The number of aromatic nitrogens is 8. The summed E-state index contributed by atoms with van der Waals surface area (Å²) in [7, 11) is 9.46. The number of hydrogen-bond donors (Lipinski definition) is 2. The summed E-state index contributed by atoms with van der Waals surface area (Å²) in [4.78, 5) is 40.2. The molecule has 4 saturated heterocycles. The Kier molecular flexibility index (Phi) is 14.5. The number of aromatic amines is 2. The first-order chi connectivity index (χ1) is 39.0. The van der Waals surface area contributed by atoms with Crippen LogP contribution in [0, 0.1) is 0 Å². The van der Waals surface area contributed by atoms with Crippen molar-refractivity contribution in [3.05, 3.63) is 72.8 Å². The molecule has 4 aromatic carbocycles. The number of likely N-dealkylation sites (tertiary alicyclic amines) is 4. The molecular formula is C64H82N12O4+4. The van der Waals surface area contributed by atoms with Gasteiger partial charge in [-0.05, 0) is 101 Å². The Balaban J connectivity index is 1.01. The third kappa shape index (κ3) is 10.7. The smallest absolute Gasteiger partial charge is 0.168 e. The Bertz CT molecular complexity index is 3590. The molecule has 9 heterocycles. The monoisotopic (exact) mass is 1080 g/mol. The first-order valence-electron chi connectivity index (χ1n) is 30.2. The van der Waals surface area contributed by atoms with Crippen molar-refractivity contribution in [3.8, 4) is 68.5 Å². The van der Waals surface area contributed by atoms with Crippen LogP contribution in [0.25, 0.3) is 89.7 Å². The molecule has 0 atom stereocenters. The van der Waals surface area contributed by atoms with E-state index in [0.29, 0.717) is 72.3 Å². The molecule has 13 rings (SSSR count). The maximum Gasteiger partial charge on any atom is 0.168 e. The number of H-pyrrole nitrogens is 2. The third-order valence-corrected chi connectivity index (χ3v) is 18.9. The van der Waals surface area contributed by atoms with Gasteiger partial charge in [-0.1, -0.05) is 48.5 Å². The molecule has 0 unspecified atom stereocenters. The number of benzene rings is 4. The topological polar surface area (TPSA) is 146 Å². The van der Waals surface area contributed by atoms with E-state index in [4.69, 9.17) is 48.9 Å². The molecule has 4 fully saturated rings. The molecule has 2 N–H and O–H groups in total. The maximum absolute atomic E-state index is 6.87. The minimum Gasteiger partial charge on any atom is -0.487 e. The average molecular weight is 1080 g/mol. The van der Waals surface area contributed by atoms with Crippen LogP contribution in [0.5, 0.6) is 23.0 Å². The van der Waals surface area contributed by atoms with Crippen LogP contribution in [0.1, 0.15) is 77.0 Å². The molecule has 0 aliphatic carbocycles. The highest BCUT2D eigenvalue weighted by molar-refractivity contribution is 6.11. The van der Waals surface area contributed by atoms with Gasteiger partial charge < -0.3 is 46.8 Å². The van der Waals surface area contributed by atoms with Crippen molar-refractivity contribution in [1.82, 2.24) is 39.9 Å². The van der Waals surface area contributed by atoms with Crippen molar-refractivity contribution in [3.63, 3.8) is 0 Å². The van der Waals surface area contributed by atoms with Crippen LogP contribution >= 0.6 is 0 Å². The summed E-state index contributed by atoms with van der Waals surface area (Å²) < 4.78 is 31.5. The molecule has 8 bridgehead atoms. The number of likely N-dealkylation sites (N-methyl/N-ethyl adjacent to an activating group) is 4. The largest absolute Gasteiger partial charge is 0.487 e. The molecule has 0 saturated carbocycles. The summed E-state index contributed by atoms with van der Waals surface area (Å²) in [5.41, 5.74) is 5.67. The molecule has 6 aliphatic rings. The van der Waals surface area contributed by atoms with Crippen LogP contribution < -0.4 is 18.9 Å². The zero-order valence-electron chi connectivity index (χ0n) is 47.8. The van der Waals surface area contributed by atoms with E-state index in [0.717, 1.165) is 124 Å². The molecule has 80 heavy (non-hydrogen) atoms. The van der Waals surface area contributed by atoms with Crippen molar-refractivity contribution >= 4 is 44.1 Å². The van der Waals surface area contributed by atoms with E-state index in [1.54, 1.807) is 0 Å². The highest BCUT2D eigenvalue weighted by Gasteiger charge is 2.32. The fraction of sp³-hybridized carbons (Fsp3) is 0.500. The number of nitrogens with one attached hydrogen (secondary N) is 2. The Hall–Kier alpha value is -6.72. The van der Waals surface area contributed by atoms with Crippen LogP contribution in [0.15, 0.2) is 72.8 Å². The van der Waals surface area contributed by atoms with E-state index < -0.39 is 0 Å². The molecule has 3 aromatic heterocycles. The zero-order valence-corrected chi connectivity index (χ0v) is 47.8. The number of piperidine rings is 4. The van der Waals surface area contributed by atoms with Crippen molar-refractivity contribution in [1.29, 1.82) is 0 Å². The Morgan fingerprint density at radius 2 is 0.650 bits per heavy atom. The van der Waals surface area contributed by atoms with E-state index in [-0.39, 0.29) is 0 Å². The van der Waals surface area contributed by atoms with E-state index in [1.807, 2.05) is 24.3 Å². The summed E-state index contributed by atoms with van der Waals surface area (Å²) in [5.74, 6) is 4.91. The van der Waals surface area contributed by atoms with Crippen LogP contribution in [-0.4, -0.2) is 191 Å². The lowest BCUT2D eigenvalue weighted by atomic mass is 10.1. The number of nitrogens with zero attached hydrogens (tertiary/aromatic N) is 10. The third-order valence-electron chi connectivity index (χ3n) is 18.9. The summed E-state index contributed by atoms with van der Waals surface area (Å²) in [6.45, 7) is 15.3. The summed E-state index contributed by atoms with van der Waals surface area (Å²) in [6, 6.07) is 24.7. The zero-order chi connectivity index (χ0) is 54.3. The lowest BCUT2D eigenvalue weighted by Gasteiger charge is -2.37. The van der Waals surface area contributed by atoms with Gasteiger partial charge in [0.2, 0.25) is 0 Å². The molecule has 16 heteroatoms. The Morgan fingerprint density at radius 3 is 1.06 bits per heavy atom. The molecule has 0 radical (unpaired) electrons. The molecule has 418 valence electrons. The van der Waals surface area contributed by atoms with Gasteiger partial charge in [-0.25, -0.2) is 29.9 Å². The number of rotatable bonds is 16. The average Bonchev–Trinajstić information content (AvgIpc) is 4.31. The van der Waals surface area contributed by atoms with Gasteiger partial charge in [0, 0.05) is 21.9 Å². The second kappa shape index (κ2) is 22.0. The number of quaternary nitrogens is 4. The van der Waals surface area contributed by atoms with Crippen molar-refractivity contribution in [2.75, 3.05) is 133 Å². The van der Waals surface area contributed by atoms with Gasteiger partial charge in [-0.15, -0.1) is 0 Å². The van der Waals surface area contributed by atoms with E-state index >= 15 is 0 Å². The predicted molar refractivity (Wildman–Crippen MR) is 317 cm³/mol. The maximum atomic E-state index is 6.87. The number of fused-ring (bicyclic) bond motifs is 20. The Morgan fingerprint density at radius 1 is 0.338 bits per heavy atom. The molecule has 0 amide bonds. The second-order valence-corrected chi connectivity index (χ2v) is 25.1. The van der Waals surface area contributed by atoms with Crippen molar-refractivity contribution in [2.24, 2.45) is 0 Å². The summed E-state index contributed by atoms with van der Waals surface area (Å²) >= 11 is 0. The van der Waals surface area contributed by atoms with Gasteiger partial charge >= 0.3 is 0 Å². The van der Waals surface area contributed by atoms with Gasteiger partial charge in [0.1, 0.15) is 98.2 Å². The van der Waals surface area contributed by atoms with Crippen molar-refractivity contribution < 1.29 is 36.9 Å². The van der Waals surface area contributed by atoms with E-state index in [1.165, 1.54) is 116 Å². The van der Waals surface area contributed by atoms with E-state index in [2.05, 4.69) is 86.7 Å². The van der Waals surface area contributed by atoms with Crippen molar-refractivity contribution in [2.45, 2.75) is 77.0 Å². The fourth-order valence-electron chi connectivity index (χ4n) is 13.8. The number of ether oxygens (including phenoxy) is 4. The van der Waals surface area contributed by atoms with E-state index in [9.17, 15) is 0 Å². The predicted octanol–water partition coefficient (Wildman–Crippen LogP) is 10.9. The molecular weight excluding hydrogens is 1000 g/mol. The quantitative estimate of drug-likeness (QED) is 0.0897. The fourth-order valence-corrected chi connectivity index (χ4v) is 13.8. The summed E-state index contributed by atoms with van der Waals surface area (Å²) in [6.07, 6.45) is 15.2. The van der Waals surface area contributed by atoms with Gasteiger partial charge in [0.05, 0.1) is 102 Å². The first-order valence-corrected chi connectivity index (χ1v) is 30.2. The lowest BCUT2D eigenvalue weighted by Crippen LogP contribution is -2.50. The SMILES string of the molecule is C[N+]1(CCOc2cccc3c2-c2nc4nc(nc5[nH]c(nc6[nH]c(nc-3n2)c2c(OCC[N+]3(C)CCCCC3)cccc62)c2c(OCC[N+]3(C)CCCCC3)cccc52)-c2c(OCC[N+]3(C)CCCCC3)cccc2-4)CCCCC1. The van der Waals surface area contributed by atoms with Gasteiger partial charge in [0.15, 0.2) is 23.3 Å². The highest BCUT2D eigenvalue weighted by Crippen LogP contribution is 2.45. The van der Waals surface area contributed by atoms with Crippen LogP contribution in [-0.2, 0) is 0 Å². The minimum atomic E-state index is 0.477. The molecule has 0 spiro atoms. The van der Waals surface area contributed by atoms with Crippen LogP contribution in [0.3, 0.4) is 0 Å². The standard InChI is InChI=1S/C64H82N12O4/c1-73(29-9-5-10-30-73)37-41-77-49-25-17-21-45-53(49)61-65-57(45)70-62-55-47(23-19-27-51(55)79-43-39-75(3)33-13-7-14-34-75)59(67-62)72-64-56-48(24-20-28-52(56)80-44-40-76(4)35-15-8-16-36-76)60(68-64)71-63-54-46(58(66-63)69-61)22-18-26-50(54)78-42-38-74(2)31-11-6-12-32-74/h17-28H,5-16,29-44H2,1-4H3,(H2,65,66,67,68,69,70,71,72)/q+4. The molecule has 7 aromatic rings.